The molecule has 10 unspecified atom stereocenters. The van der Waals surface area contributed by atoms with Gasteiger partial charge in [-0.25, -0.2) is 13.9 Å². The molecule has 0 aromatic rings. The summed E-state index contributed by atoms with van der Waals surface area (Å²) >= 11 is 3.81. The summed E-state index contributed by atoms with van der Waals surface area (Å²) in [6.07, 6.45) is 10.7. The molecule has 3 saturated heterocycles. The highest BCUT2D eigenvalue weighted by Crippen LogP contribution is 2.48. The Balaban J connectivity index is 1.03. The van der Waals surface area contributed by atoms with E-state index in [0.717, 1.165) is 56.5 Å². The molecule has 0 bridgehead atoms. The molecule has 3 aliphatic heterocycles. The lowest BCUT2D eigenvalue weighted by Gasteiger charge is -2.21. The zero-order chi connectivity index (χ0) is 42.0. The Bertz CT molecular complexity index is 1450. The van der Waals surface area contributed by atoms with Gasteiger partial charge in [0.15, 0.2) is 0 Å². The van der Waals surface area contributed by atoms with Gasteiger partial charge < -0.3 is 36.2 Å². The van der Waals surface area contributed by atoms with Crippen molar-refractivity contribution in [2.45, 2.75) is 125 Å². The molecule has 18 nitrogen and oxygen atoms in total. The number of phosphoric ester groups is 1. The van der Waals surface area contributed by atoms with E-state index in [4.69, 9.17) is 13.6 Å². The molecule has 0 aromatic carbocycles. The Kier molecular flexibility index (Phi) is 21.5. The van der Waals surface area contributed by atoms with Crippen LogP contribution < -0.4 is 21.3 Å². The Labute approximate surface area is 349 Å². The van der Waals surface area contributed by atoms with Gasteiger partial charge in [-0.15, -0.1) is 4.91 Å². The predicted molar refractivity (Wildman–Crippen MR) is 221 cm³/mol. The Morgan fingerprint density at radius 3 is 2.00 bits per heavy atom. The third-order valence-corrected chi connectivity index (χ3v) is 16.1. The fourth-order valence-electron chi connectivity index (χ4n) is 8.00. The number of aliphatic hydroxyl groups is 1. The number of nitrogens with one attached hydrogen (secondary N) is 4. The number of unbranched alkanes of at least 4 members (excludes halogenated alkanes) is 4. The number of hydrogen-bond donors (Lipinski definition) is 7. The van der Waals surface area contributed by atoms with Gasteiger partial charge in [0.2, 0.25) is 11.8 Å². The zero-order valence-corrected chi connectivity index (χ0v) is 36.6. The minimum absolute atomic E-state index is 0.0108. The van der Waals surface area contributed by atoms with Crippen LogP contribution >= 0.6 is 39.1 Å². The van der Waals surface area contributed by atoms with Crippen LogP contribution in [0.15, 0.2) is 4.95 Å². The van der Waals surface area contributed by atoms with Gasteiger partial charge in [0, 0.05) is 78.4 Å². The minimum atomic E-state index is -4.73. The van der Waals surface area contributed by atoms with E-state index in [1.807, 2.05) is 23.5 Å². The molecular weight excluding hydrogens is 836 g/mol. The van der Waals surface area contributed by atoms with E-state index in [-0.39, 0.29) is 43.1 Å². The second kappa shape index (κ2) is 25.4. The van der Waals surface area contributed by atoms with Crippen molar-refractivity contribution in [2.24, 2.45) is 28.6 Å². The summed E-state index contributed by atoms with van der Waals surface area (Å²) in [6.45, 7) is -0.551. The van der Waals surface area contributed by atoms with E-state index in [1.165, 1.54) is 0 Å². The fourth-order valence-corrected chi connectivity index (χ4v) is 12.6. The van der Waals surface area contributed by atoms with E-state index < -0.39 is 40.6 Å². The van der Waals surface area contributed by atoms with Crippen molar-refractivity contribution in [3.63, 3.8) is 0 Å². The predicted octanol–water partition coefficient (Wildman–Crippen LogP) is 4.80. The smallest absolute Gasteiger partial charge is 0.396 e. The number of phosphoric acid groups is 1. The number of fused-ring (bicyclic) bond motifs is 2. The lowest BCUT2D eigenvalue weighted by molar-refractivity contribution is -0.122. The highest BCUT2D eigenvalue weighted by molar-refractivity contribution is 8.00. The summed E-state index contributed by atoms with van der Waals surface area (Å²) in [5, 5.41) is 22.3. The quantitative estimate of drug-likeness (QED) is 0.0213. The SMILES string of the molecule is O=NP(=O)(O)OCC(CCCCNC(=O)CCCCC1SCC2NC(=O)NC21)COP(=O)(O)OCC(CO)CCCCNC(=O)CCCCC1SCC2CC(=O)CC21. The molecule has 10 atom stereocenters. The maximum Gasteiger partial charge on any atom is 0.487 e. The van der Waals surface area contributed by atoms with Crippen molar-refractivity contribution in [1.82, 2.24) is 21.3 Å². The van der Waals surface area contributed by atoms with Gasteiger partial charge in [-0.05, 0) is 69.0 Å². The van der Waals surface area contributed by atoms with Crippen LogP contribution in [-0.2, 0) is 37.1 Å². The summed E-state index contributed by atoms with van der Waals surface area (Å²) in [7, 11) is -9.33. The van der Waals surface area contributed by atoms with E-state index in [1.54, 1.807) is 0 Å². The molecule has 4 fully saturated rings. The van der Waals surface area contributed by atoms with Crippen molar-refractivity contribution in [3.05, 3.63) is 4.91 Å². The first-order valence-corrected chi connectivity index (χ1v) is 25.8. The second-order valence-corrected chi connectivity index (χ2v) is 21.3. The molecular formula is C36H63N5O13P2S2. The maximum absolute atomic E-state index is 12.7. The normalized spacial score (nSPS) is 26.8. The van der Waals surface area contributed by atoms with Gasteiger partial charge in [0.1, 0.15) is 5.78 Å². The molecule has 0 radical (unpaired) electrons. The van der Waals surface area contributed by atoms with Crippen molar-refractivity contribution < 1.29 is 56.8 Å². The zero-order valence-electron chi connectivity index (χ0n) is 33.2. The monoisotopic (exact) mass is 899 g/mol. The van der Waals surface area contributed by atoms with Gasteiger partial charge >= 0.3 is 21.6 Å². The van der Waals surface area contributed by atoms with Crippen LogP contribution in [0.25, 0.3) is 0 Å². The van der Waals surface area contributed by atoms with E-state index in [0.29, 0.717) is 99.0 Å². The number of Topliss-reactive ketones (excluding diaryl/α,β-unsaturated/α-hetero) is 1. The second-order valence-electron chi connectivity index (χ2n) is 15.9. The van der Waals surface area contributed by atoms with Crippen LogP contribution in [0.4, 0.5) is 4.79 Å². The van der Waals surface area contributed by atoms with Gasteiger partial charge in [-0.2, -0.15) is 23.5 Å². The summed E-state index contributed by atoms with van der Waals surface area (Å²) in [5.41, 5.74) is 0. The number of aliphatic hydroxyl groups excluding tert-OH is 1. The van der Waals surface area contributed by atoms with Crippen molar-refractivity contribution in [2.75, 3.05) is 51.0 Å². The number of thioether (sulfide) groups is 2. The van der Waals surface area contributed by atoms with E-state index in [2.05, 4.69) is 26.2 Å². The van der Waals surface area contributed by atoms with Gasteiger partial charge in [-0.3, -0.25) is 28.0 Å². The molecule has 58 heavy (non-hydrogen) atoms. The Morgan fingerprint density at radius 1 is 0.776 bits per heavy atom. The van der Waals surface area contributed by atoms with Crippen LogP contribution in [-0.4, -0.2) is 112 Å². The largest absolute Gasteiger partial charge is 0.487 e. The number of carbonyl (C=O) groups is 4. The number of rotatable bonds is 31. The number of amides is 4. The average molecular weight is 900 g/mol. The molecule has 0 spiro atoms. The first-order valence-electron chi connectivity index (χ1n) is 20.7. The van der Waals surface area contributed by atoms with Crippen molar-refractivity contribution in [3.8, 4) is 0 Å². The Morgan fingerprint density at radius 2 is 1.36 bits per heavy atom. The molecule has 0 aromatic heterocycles. The third-order valence-electron chi connectivity index (χ3n) is 11.3. The summed E-state index contributed by atoms with van der Waals surface area (Å²) in [6, 6.07) is 0.185. The first-order chi connectivity index (χ1) is 27.8. The van der Waals surface area contributed by atoms with Crippen molar-refractivity contribution in [1.29, 1.82) is 0 Å². The fraction of sp³-hybridized carbons (Fsp3) is 0.889. The highest BCUT2D eigenvalue weighted by atomic mass is 32.2. The summed E-state index contributed by atoms with van der Waals surface area (Å²) in [5.74, 6) is 2.18. The summed E-state index contributed by atoms with van der Waals surface area (Å²) in [4.78, 5) is 80.4. The molecule has 4 rings (SSSR count). The summed E-state index contributed by atoms with van der Waals surface area (Å²) < 4.78 is 39.4. The van der Waals surface area contributed by atoms with Crippen LogP contribution in [0.2, 0.25) is 0 Å². The number of ketones is 1. The molecule has 1 saturated carbocycles. The first kappa shape index (κ1) is 49.1. The molecule has 1 aliphatic carbocycles. The van der Waals surface area contributed by atoms with Crippen LogP contribution in [0.3, 0.4) is 0 Å². The van der Waals surface area contributed by atoms with Crippen molar-refractivity contribution >= 4 is 62.7 Å². The molecule has 332 valence electrons. The maximum atomic E-state index is 12.7. The molecule has 4 amide bonds. The minimum Gasteiger partial charge on any atom is -0.396 e. The standard InChI is InChI=1S/C36H63N5O13P2S2/c42-19-25(9-5-7-15-37-33(44)13-3-1-11-31-29-18-28(43)17-27(29)23-57-31)20-53-56(50,51)54-22-26(21-52-55(48,49)41-47)10-6-8-16-38-34(45)14-4-2-12-32-35-30(24-58-32)39-36(46)40-35/h25-27,29-32,35,42H,1-24H2,(H,37,44)(H,38,45)(H,48,49)(H,50,51)(H2,39,40,46). The third kappa shape index (κ3) is 17.8. The number of urea groups is 1. The molecule has 3 heterocycles. The van der Waals surface area contributed by atoms with Gasteiger partial charge in [-0.1, -0.05) is 25.7 Å². The van der Waals surface area contributed by atoms with Crippen LogP contribution in [0, 0.1) is 28.6 Å². The lowest BCUT2D eigenvalue weighted by atomic mass is 9.92. The molecule has 4 aliphatic rings. The van der Waals surface area contributed by atoms with Gasteiger partial charge in [0.05, 0.1) is 31.9 Å². The topological polar surface area (TPSA) is 268 Å². The van der Waals surface area contributed by atoms with Crippen LogP contribution in [0.5, 0.6) is 0 Å². The average Bonchev–Trinajstić information content (AvgIpc) is 3.95. The highest BCUT2D eigenvalue weighted by Gasteiger charge is 2.43. The Hall–Kier alpha value is -1.60. The van der Waals surface area contributed by atoms with E-state index in [9.17, 15) is 48.1 Å². The number of nitroso groups, excluding NO2 is 1. The molecule has 22 heteroatoms. The van der Waals surface area contributed by atoms with Gasteiger partial charge in [0.25, 0.3) is 0 Å². The lowest BCUT2D eigenvalue weighted by Crippen LogP contribution is -2.36. The molecule has 7 N–H and O–H groups in total. The number of nitrogens with zero attached hydrogens (tertiary/aromatic N) is 1. The van der Waals surface area contributed by atoms with E-state index >= 15 is 0 Å². The number of hydrogen-bond acceptors (Lipinski definition) is 13. The number of carbonyl (C=O) groups excluding carboxylic acids is 4. The van der Waals surface area contributed by atoms with Crippen LogP contribution in [0.1, 0.15) is 103 Å².